The van der Waals surface area contributed by atoms with Crippen LogP contribution in [0.1, 0.15) is 40.5 Å². The number of hydrogen-bond donors (Lipinski definition) is 1. The number of para-hydroxylation sites is 1. The van der Waals surface area contributed by atoms with Gasteiger partial charge >= 0.3 is 0 Å². The highest BCUT2D eigenvalue weighted by Gasteiger charge is 2.37. The molecule has 144 valence electrons. The first-order valence-electron chi connectivity index (χ1n) is 9.98. The molecule has 1 N–H and O–H groups in total. The Bertz CT molecular complexity index is 1040. The summed E-state index contributed by atoms with van der Waals surface area (Å²) < 4.78 is 0. The highest BCUT2D eigenvalue weighted by Crippen LogP contribution is 2.40. The third kappa shape index (κ3) is 2.92. The number of amides is 1. The Morgan fingerprint density at radius 1 is 1.18 bits per heavy atom. The molecule has 1 aromatic heterocycles. The number of halogens is 1. The first-order valence-corrected chi connectivity index (χ1v) is 10.4. The first kappa shape index (κ1) is 17.8. The molecule has 3 aromatic rings. The molecule has 2 atom stereocenters. The summed E-state index contributed by atoms with van der Waals surface area (Å²) in [6.07, 6.45) is 3.06. The highest BCUT2D eigenvalue weighted by atomic mass is 35.5. The molecule has 28 heavy (non-hydrogen) atoms. The van der Waals surface area contributed by atoms with Crippen molar-refractivity contribution < 1.29 is 4.79 Å². The number of benzene rings is 2. The number of H-pyrrole nitrogens is 1. The van der Waals surface area contributed by atoms with E-state index in [1.54, 1.807) is 12.1 Å². The van der Waals surface area contributed by atoms with Gasteiger partial charge in [-0.05, 0) is 49.1 Å². The Kier molecular flexibility index (Phi) is 4.41. The molecule has 0 saturated carbocycles. The predicted octanol–water partition coefficient (Wildman–Crippen LogP) is 4.66. The molecule has 1 amide bonds. The second-order valence-corrected chi connectivity index (χ2v) is 8.41. The van der Waals surface area contributed by atoms with E-state index in [4.69, 9.17) is 11.6 Å². The molecule has 0 bridgehead atoms. The molecule has 1 fully saturated rings. The lowest BCUT2D eigenvalue weighted by Gasteiger charge is -2.44. The number of nitrogens with zero attached hydrogens (tertiary/aromatic N) is 2. The third-order valence-electron chi connectivity index (χ3n) is 6.45. The van der Waals surface area contributed by atoms with Crippen molar-refractivity contribution in [3.05, 3.63) is 70.4 Å². The van der Waals surface area contributed by atoms with Crippen LogP contribution in [-0.2, 0) is 6.42 Å². The maximum Gasteiger partial charge on any atom is 0.253 e. The van der Waals surface area contributed by atoms with Gasteiger partial charge < -0.3 is 9.88 Å². The predicted molar refractivity (Wildman–Crippen MR) is 113 cm³/mol. The van der Waals surface area contributed by atoms with Crippen molar-refractivity contribution in [3.8, 4) is 0 Å². The summed E-state index contributed by atoms with van der Waals surface area (Å²) in [6.45, 7) is 2.12. The van der Waals surface area contributed by atoms with E-state index in [-0.39, 0.29) is 11.9 Å². The first-order chi connectivity index (χ1) is 13.6. The van der Waals surface area contributed by atoms with Gasteiger partial charge in [-0.3, -0.25) is 9.69 Å². The van der Waals surface area contributed by atoms with Gasteiger partial charge in [-0.2, -0.15) is 0 Å². The van der Waals surface area contributed by atoms with E-state index in [2.05, 4.69) is 34.1 Å². The van der Waals surface area contributed by atoms with Gasteiger partial charge in [-0.1, -0.05) is 35.9 Å². The topological polar surface area (TPSA) is 39.3 Å². The molecule has 4 nitrogen and oxygen atoms in total. The van der Waals surface area contributed by atoms with Gasteiger partial charge in [0.05, 0.1) is 6.04 Å². The number of carbonyl (C=O) groups is 1. The van der Waals surface area contributed by atoms with E-state index in [0.717, 1.165) is 32.4 Å². The number of carbonyl (C=O) groups excluding carboxylic acids is 1. The van der Waals surface area contributed by atoms with Crippen LogP contribution in [0.25, 0.3) is 10.9 Å². The molecule has 0 spiro atoms. The third-order valence-corrected chi connectivity index (χ3v) is 6.69. The van der Waals surface area contributed by atoms with Gasteiger partial charge in [0.15, 0.2) is 0 Å². The Morgan fingerprint density at radius 3 is 2.89 bits per heavy atom. The molecule has 0 aliphatic carbocycles. The SMILES string of the molecule is CN(C(=O)c1cccc(Cl)c1)C1CCN2CCc3c([nH]c4ccccc34)[C@@H]2C1. The van der Waals surface area contributed by atoms with Gasteiger partial charge in [0.2, 0.25) is 0 Å². The molecule has 2 aliphatic rings. The van der Waals surface area contributed by atoms with E-state index >= 15 is 0 Å². The zero-order valence-electron chi connectivity index (χ0n) is 16.0. The fraction of sp³-hybridized carbons (Fsp3) is 0.348. The van der Waals surface area contributed by atoms with Crippen molar-refractivity contribution in [2.24, 2.45) is 0 Å². The van der Waals surface area contributed by atoms with Gasteiger partial charge in [-0.15, -0.1) is 0 Å². The zero-order chi connectivity index (χ0) is 19.3. The average molecular weight is 394 g/mol. The van der Waals surface area contributed by atoms with Crippen LogP contribution in [0.15, 0.2) is 48.5 Å². The van der Waals surface area contributed by atoms with Crippen molar-refractivity contribution in [3.63, 3.8) is 0 Å². The Hall–Kier alpha value is -2.30. The molecule has 1 saturated heterocycles. The molecule has 5 heteroatoms. The van der Waals surface area contributed by atoms with Crippen molar-refractivity contribution in [2.45, 2.75) is 31.3 Å². The summed E-state index contributed by atoms with van der Waals surface area (Å²) >= 11 is 6.08. The summed E-state index contributed by atoms with van der Waals surface area (Å²) in [5, 5.41) is 1.95. The monoisotopic (exact) mass is 393 g/mol. The average Bonchev–Trinajstić information content (AvgIpc) is 3.11. The molecular formula is C23H24ClN3O. The fourth-order valence-corrected chi connectivity index (χ4v) is 5.13. The van der Waals surface area contributed by atoms with Crippen LogP contribution in [0.5, 0.6) is 0 Å². The lowest BCUT2D eigenvalue weighted by molar-refractivity contribution is 0.0496. The number of aromatic amines is 1. The van der Waals surface area contributed by atoms with Crippen LogP contribution < -0.4 is 0 Å². The minimum atomic E-state index is 0.0497. The summed E-state index contributed by atoms with van der Waals surface area (Å²) in [5.41, 5.74) is 4.69. The van der Waals surface area contributed by atoms with Crippen LogP contribution in [-0.4, -0.2) is 46.9 Å². The number of rotatable bonds is 2. The normalized spacial score (nSPS) is 21.9. The standard InChI is InChI=1S/C23H24ClN3O/c1-26(23(28)15-5-4-6-16(24)13-15)17-9-11-27-12-10-19-18-7-2-3-8-20(18)25-22(19)21(27)14-17/h2-8,13,17,21,25H,9-12,14H2,1H3/t17?,21-/m0/s1. The number of aromatic nitrogens is 1. The van der Waals surface area contributed by atoms with Crippen molar-refractivity contribution in [1.82, 2.24) is 14.8 Å². The molecule has 1 unspecified atom stereocenters. The van der Waals surface area contributed by atoms with Gasteiger partial charge in [0.1, 0.15) is 0 Å². The minimum Gasteiger partial charge on any atom is -0.357 e. The largest absolute Gasteiger partial charge is 0.357 e. The number of piperidine rings is 1. The Morgan fingerprint density at radius 2 is 2.04 bits per heavy atom. The number of hydrogen-bond acceptors (Lipinski definition) is 2. The number of nitrogens with one attached hydrogen (secondary N) is 1. The fourth-order valence-electron chi connectivity index (χ4n) is 4.94. The van der Waals surface area contributed by atoms with E-state index in [1.807, 2.05) is 24.1 Å². The quantitative estimate of drug-likeness (QED) is 0.688. The molecule has 0 radical (unpaired) electrons. The van der Waals surface area contributed by atoms with Crippen LogP contribution in [0, 0.1) is 0 Å². The van der Waals surface area contributed by atoms with E-state index in [1.165, 1.54) is 22.2 Å². The van der Waals surface area contributed by atoms with Crippen molar-refractivity contribution >= 4 is 28.4 Å². The summed E-state index contributed by atoms with van der Waals surface area (Å²) in [4.78, 5) is 21.2. The second kappa shape index (κ2) is 6.94. The lowest BCUT2D eigenvalue weighted by Crippen LogP contribution is -2.49. The van der Waals surface area contributed by atoms with Gasteiger partial charge in [0.25, 0.3) is 5.91 Å². The lowest BCUT2D eigenvalue weighted by atomic mass is 9.87. The highest BCUT2D eigenvalue weighted by molar-refractivity contribution is 6.30. The van der Waals surface area contributed by atoms with E-state index in [9.17, 15) is 4.79 Å². The summed E-state index contributed by atoms with van der Waals surface area (Å²) in [6, 6.07) is 16.4. The molecule has 5 rings (SSSR count). The van der Waals surface area contributed by atoms with Crippen molar-refractivity contribution in [1.29, 1.82) is 0 Å². The molecular weight excluding hydrogens is 370 g/mol. The molecule has 2 aliphatic heterocycles. The minimum absolute atomic E-state index is 0.0497. The van der Waals surface area contributed by atoms with Crippen molar-refractivity contribution in [2.75, 3.05) is 20.1 Å². The van der Waals surface area contributed by atoms with Gasteiger partial charge in [-0.25, -0.2) is 0 Å². The summed E-state index contributed by atoms with van der Waals surface area (Å²) in [5.74, 6) is 0.0497. The maximum atomic E-state index is 13.0. The molecule has 3 heterocycles. The Labute approximate surface area is 170 Å². The Balaban J connectivity index is 1.42. The number of fused-ring (bicyclic) bond motifs is 5. The van der Waals surface area contributed by atoms with E-state index < -0.39 is 0 Å². The van der Waals surface area contributed by atoms with Crippen LogP contribution in [0.4, 0.5) is 0 Å². The van der Waals surface area contributed by atoms with Crippen LogP contribution >= 0.6 is 11.6 Å². The smallest absolute Gasteiger partial charge is 0.253 e. The molecule has 2 aromatic carbocycles. The van der Waals surface area contributed by atoms with Crippen LogP contribution in [0.2, 0.25) is 5.02 Å². The maximum absolute atomic E-state index is 13.0. The van der Waals surface area contributed by atoms with Crippen LogP contribution in [0.3, 0.4) is 0 Å². The summed E-state index contributed by atoms with van der Waals surface area (Å²) in [7, 11) is 1.93. The second-order valence-electron chi connectivity index (χ2n) is 7.97. The zero-order valence-corrected chi connectivity index (χ0v) is 16.7. The van der Waals surface area contributed by atoms with E-state index in [0.29, 0.717) is 16.6 Å². The van der Waals surface area contributed by atoms with Gasteiger partial charge in [0, 0.05) is 53.4 Å².